The highest BCUT2D eigenvalue weighted by Gasteiger charge is 2.48. The van der Waals surface area contributed by atoms with Crippen LogP contribution in [0.5, 0.6) is 0 Å². The Morgan fingerprint density at radius 3 is 2.40 bits per heavy atom. The highest BCUT2D eigenvalue weighted by molar-refractivity contribution is 5.26. The van der Waals surface area contributed by atoms with E-state index in [4.69, 9.17) is 0 Å². The van der Waals surface area contributed by atoms with Crippen molar-refractivity contribution < 1.29 is 9.50 Å². The van der Waals surface area contributed by atoms with Gasteiger partial charge in [-0.25, -0.2) is 4.39 Å². The van der Waals surface area contributed by atoms with E-state index in [-0.39, 0.29) is 5.82 Å². The summed E-state index contributed by atoms with van der Waals surface area (Å²) in [5.74, 6) is -0.254. The van der Waals surface area contributed by atoms with E-state index < -0.39 is 5.60 Å². The average Bonchev–Trinajstić information content (AvgIpc) is 3.06. The fourth-order valence-electron chi connectivity index (χ4n) is 4.73. The van der Waals surface area contributed by atoms with Crippen LogP contribution in [0.1, 0.15) is 49.4 Å². The molecule has 0 radical (unpaired) electrons. The van der Waals surface area contributed by atoms with Gasteiger partial charge in [0.05, 0.1) is 11.8 Å². The molecule has 2 atom stereocenters. The van der Waals surface area contributed by atoms with E-state index in [2.05, 4.69) is 23.8 Å². The van der Waals surface area contributed by atoms with Gasteiger partial charge in [0.25, 0.3) is 0 Å². The third kappa shape index (κ3) is 2.89. The Kier molecular flexibility index (Phi) is 4.16. The van der Waals surface area contributed by atoms with Gasteiger partial charge in [-0.15, -0.1) is 0 Å². The number of rotatable bonds is 4. The van der Waals surface area contributed by atoms with Crippen molar-refractivity contribution in [1.29, 1.82) is 0 Å². The largest absolute Gasteiger partial charge is 0.385 e. The van der Waals surface area contributed by atoms with Gasteiger partial charge in [-0.2, -0.15) is 5.10 Å². The lowest BCUT2D eigenvalue weighted by atomic mass is 9.80. The summed E-state index contributed by atoms with van der Waals surface area (Å²) in [6.07, 6.45) is 5.66. The number of hydrogen-bond acceptors (Lipinski definition) is 3. The predicted molar refractivity (Wildman–Crippen MR) is 94.5 cm³/mol. The highest BCUT2D eigenvalue weighted by Crippen LogP contribution is 2.46. The molecule has 4 nitrogen and oxygen atoms in total. The van der Waals surface area contributed by atoms with E-state index in [1.54, 1.807) is 12.1 Å². The van der Waals surface area contributed by atoms with Gasteiger partial charge < -0.3 is 5.11 Å². The zero-order valence-electron chi connectivity index (χ0n) is 15.0. The lowest BCUT2D eigenvalue weighted by Gasteiger charge is -2.44. The minimum atomic E-state index is -0.835. The van der Waals surface area contributed by atoms with Crippen LogP contribution < -0.4 is 0 Å². The molecule has 2 aliphatic rings. The summed E-state index contributed by atoms with van der Waals surface area (Å²) in [5, 5.41) is 15.7. The third-order valence-corrected chi connectivity index (χ3v) is 6.16. The average molecular weight is 343 g/mol. The van der Waals surface area contributed by atoms with Crippen LogP contribution in [-0.2, 0) is 18.7 Å². The number of halogens is 1. The second-order valence-corrected chi connectivity index (χ2v) is 7.58. The van der Waals surface area contributed by atoms with Gasteiger partial charge in [0.1, 0.15) is 5.82 Å². The Balaban J connectivity index is 1.53. The molecule has 5 heteroatoms. The lowest BCUT2D eigenvalue weighted by molar-refractivity contribution is -0.0595. The molecule has 0 amide bonds. The van der Waals surface area contributed by atoms with E-state index >= 15 is 0 Å². The molecule has 2 aliphatic heterocycles. The zero-order valence-corrected chi connectivity index (χ0v) is 15.0. The Morgan fingerprint density at radius 2 is 1.84 bits per heavy atom. The molecule has 134 valence electrons. The number of fused-ring (bicyclic) bond motifs is 2. The molecule has 2 aromatic rings. The Morgan fingerprint density at radius 1 is 1.20 bits per heavy atom. The number of aliphatic hydroxyl groups is 1. The van der Waals surface area contributed by atoms with Crippen molar-refractivity contribution in [3.63, 3.8) is 0 Å². The first-order valence-corrected chi connectivity index (χ1v) is 9.25. The smallest absolute Gasteiger partial charge is 0.123 e. The SMILES string of the molecule is CCn1ncc(CN2[C@@H]3CC[C@@H]2CC(O)(c2ccc(F)cc2)C3)c1C. The van der Waals surface area contributed by atoms with E-state index in [0.29, 0.717) is 12.1 Å². The first kappa shape index (κ1) is 16.7. The fraction of sp³-hybridized carbons (Fsp3) is 0.550. The number of aromatic nitrogens is 2. The van der Waals surface area contributed by atoms with Crippen LogP contribution >= 0.6 is 0 Å². The Hall–Kier alpha value is -1.72. The molecule has 2 saturated heterocycles. The Bertz CT molecular complexity index is 741. The van der Waals surface area contributed by atoms with Crippen LogP contribution in [0.25, 0.3) is 0 Å². The van der Waals surface area contributed by atoms with Gasteiger partial charge in [-0.05, 0) is 57.2 Å². The summed E-state index contributed by atoms with van der Waals surface area (Å²) in [6.45, 7) is 6.04. The van der Waals surface area contributed by atoms with E-state index in [0.717, 1.165) is 44.3 Å². The molecule has 0 unspecified atom stereocenters. The molecule has 1 aromatic heterocycles. The standard InChI is InChI=1S/C20H26FN3O/c1-3-24-14(2)15(12-22-24)13-23-18-8-9-19(23)11-20(25,10-18)16-4-6-17(21)7-5-16/h4-7,12,18-19,25H,3,8-11,13H2,1-2H3/t18-,19-/m1/s1. The summed E-state index contributed by atoms with van der Waals surface area (Å²) in [6, 6.07) is 7.12. The van der Waals surface area contributed by atoms with Crippen LogP contribution in [0, 0.1) is 12.7 Å². The number of aryl methyl sites for hydroxylation is 1. The van der Waals surface area contributed by atoms with Crippen LogP contribution in [0.2, 0.25) is 0 Å². The normalized spacial score (nSPS) is 29.3. The van der Waals surface area contributed by atoms with Gasteiger partial charge in [-0.3, -0.25) is 9.58 Å². The summed E-state index contributed by atoms with van der Waals surface area (Å²) in [4.78, 5) is 2.54. The minimum absolute atomic E-state index is 0.254. The number of hydrogen-bond donors (Lipinski definition) is 1. The maximum absolute atomic E-state index is 13.2. The van der Waals surface area contributed by atoms with Gasteiger partial charge in [0.15, 0.2) is 0 Å². The first-order valence-electron chi connectivity index (χ1n) is 9.25. The quantitative estimate of drug-likeness (QED) is 0.925. The molecule has 0 aliphatic carbocycles. The summed E-state index contributed by atoms with van der Waals surface area (Å²) >= 11 is 0. The van der Waals surface area contributed by atoms with Crippen molar-refractivity contribution in [3.8, 4) is 0 Å². The Labute approximate surface area is 148 Å². The summed E-state index contributed by atoms with van der Waals surface area (Å²) in [5.41, 5.74) is 2.53. The number of piperidine rings is 1. The van der Waals surface area contributed by atoms with Crippen molar-refractivity contribution in [2.45, 2.75) is 70.3 Å². The maximum Gasteiger partial charge on any atom is 0.123 e. The predicted octanol–water partition coefficient (Wildman–Crippen LogP) is 3.37. The van der Waals surface area contributed by atoms with Crippen molar-refractivity contribution in [2.24, 2.45) is 0 Å². The molecule has 4 rings (SSSR count). The monoisotopic (exact) mass is 343 g/mol. The zero-order chi connectivity index (χ0) is 17.6. The fourth-order valence-corrected chi connectivity index (χ4v) is 4.73. The highest BCUT2D eigenvalue weighted by atomic mass is 19.1. The van der Waals surface area contributed by atoms with Crippen LogP contribution in [0.4, 0.5) is 4.39 Å². The molecule has 2 fully saturated rings. The topological polar surface area (TPSA) is 41.3 Å². The molecule has 25 heavy (non-hydrogen) atoms. The molecular weight excluding hydrogens is 317 g/mol. The van der Waals surface area contributed by atoms with Crippen LogP contribution in [-0.4, -0.2) is 31.9 Å². The second-order valence-electron chi connectivity index (χ2n) is 7.58. The van der Waals surface area contributed by atoms with E-state index in [9.17, 15) is 9.50 Å². The van der Waals surface area contributed by atoms with Crippen molar-refractivity contribution in [1.82, 2.24) is 14.7 Å². The molecule has 1 N–H and O–H groups in total. The van der Waals surface area contributed by atoms with Gasteiger partial charge in [-0.1, -0.05) is 12.1 Å². The molecule has 3 heterocycles. The number of benzene rings is 1. The van der Waals surface area contributed by atoms with Crippen molar-refractivity contribution in [3.05, 3.63) is 53.1 Å². The van der Waals surface area contributed by atoms with Crippen molar-refractivity contribution >= 4 is 0 Å². The van der Waals surface area contributed by atoms with Crippen LogP contribution in [0.15, 0.2) is 30.5 Å². The van der Waals surface area contributed by atoms with Gasteiger partial charge >= 0.3 is 0 Å². The maximum atomic E-state index is 13.2. The lowest BCUT2D eigenvalue weighted by Crippen LogP contribution is -2.49. The van der Waals surface area contributed by atoms with E-state index in [1.807, 2.05) is 10.9 Å². The minimum Gasteiger partial charge on any atom is -0.385 e. The third-order valence-electron chi connectivity index (χ3n) is 6.16. The summed E-state index contributed by atoms with van der Waals surface area (Å²) < 4.78 is 15.3. The molecule has 0 spiro atoms. The summed E-state index contributed by atoms with van der Waals surface area (Å²) in [7, 11) is 0. The first-order chi connectivity index (χ1) is 12.0. The van der Waals surface area contributed by atoms with Crippen molar-refractivity contribution in [2.75, 3.05) is 0 Å². The number of nitrogens with zero attached hydrogens (tertiary/aromatic N) is 3. The van der Waals surface area contributed by atoms with Gasteiger partial charge in [0.2, 0.25) is 0 Å². The van der Waals surface area contributed by atoms with Crippen LogP contribution in [0.3, 0.4) is 0 Å². The second kappa shape index (κ2) is 6.22. The molecule has 0 saturated carbocycles. The molecule has 2 bridgehead atoms. The molecular formula is C20H26FN3O. The van der Waals surface area contributed by atoms with Gasteiger partial charge in [0, 0.05) is 36.4 Å². The molecule has 1 aromatic carbocycles. The van der Waals surface area contributed by atoms with E-state index in [1.165, 1.54) is 23.4 Å².